The van der Waals surface area contributed by atoms with Crippen LogP contribution in [0.15, 0.2) is 30.2 Å². The Balaban J connectivity index is 2.26. The molecule has 4 nitrogen and oxygen atoms in total. The maximum Gasteiger partial charge on any atom is 0.138 e. The number of aromatic nitrogens is 2. The van der Waals surface area contributed by atoms with Crippen molar-refractivity contribution in [1.29, 1.82) is 0 Å². The molecule has 0 fully saturated rings. The van der Waals surface area contributed by atoms with Gasteiger partial charge in [-0.15, -0.1) is 11.3 Å². The number of thiazole rings is 1. The van der Waals surface area contributed by atoms with Crippen LogP contribution >= 0.6 is 11.3 Å². The second kappa shape index (κ2) is 6.63. The molecule has 0 aliphatic rings. The van der Waals surface area contributed by atoms with Crippen LogP contribution < -0.4 is 10.1 Å². The van der Waals surface area contributed by atoms with Crippen LogP contribution in [0.5, 0.6) is 5.75 Å². The minimum Gasteiger partial charge on any atom is -0.489 e. The van der Waals surface area contributed by atoms with Gasteiger partial charge in [-0.1, -0.05) is 6.92 Å². The van der Waals surface area contributed by atoms with Crippen LogP contribution in [0.1, 0.15) is 37.3 Å². The van der Waals surface area contributed by atoms with Crippen molar-refractivity contribution < 1.29 is 4.74 Å². The Morgan fingerprint density at radius 1 is 1.26 bits per heavy atom. The van der Waals surface area contributed by atoms with Gasteiger partial charge in [0.1, 0.15) is 5.75 Å². The minimum atomic E-state index is 0.126. The molecule has 1 unspecified atom stereocenters. The van der Waals surface area contributed by atoms with Crippen molar-refractivity contribution in [3.05, 3.63) is 40.6 Å². The number of hydrogen-bond acceptors (Lipinski definition) is 5. The van der Waals surface area contributed by atoms with E-state index >= 15 is 0 Å². The van der Waals surface area contributed by atoms with Crippen LogP contribution in [0.3, 0.4) is 0 Å². The summed E-state index contributed by atoms with van der Waals surface area (Å²) in [6.45, 7) is 7.00. The predicted octanol–water partition coefficient (Wildman–Crippen LogP) is 3.02. The van der Waals surface area contributed by atoms with E-state index in [1.165, 1.54) is 4.88 Å². The normalized spacial score (nSPS) is 12.6. The molecule has 0 saturated carbocycles. The van der Waals surface area contributed by atoms with Gasteiger partial charge in [-0.3, -0.25) is 9.97 Å². The highest BCUT2D eigenvalue weighted by molar-refractivity contribution is 7.09. The largest absolute Gasteiger partial charge is 0.489 e. The monoisotopic (exact) mass is 277 g/mol. The average molecular weight is 277 g/mol. The number of pyridine rings is 1. The Bertz CT molecular complexity index is 499. The zero-order valence-corrected chi connectivity index (χ0v) is 12.3. The van der Waals surface area contributed by atoms with Crippen LogP contribution in [-0.4, -0.2) is 22.6 Å². The van der Waals surface area contributed by atoms with Gasteiger partial charge in [0, 0.05) is 17.3 Å². The summed E-state index contributed by atoms with van der Waals surface area (Å²) in [4.78, 5) is 9.60. The first-order valence-corrected chi connectivity index (χ1v) is 7.32. The molecule has 102 valence electrons. The van der Waals surface area contributed by atoms with Gasteiger partial charge in [-0.05, 0) is 32.0 Å². The third-order valence-corrected chi connectivity index (χ3v) is 3.42. The topological polar surface area (TPSA) is 47.0 Å². The Labute approximate surface area is 117 Å². The molecule has 2 heterocycles. The molecule has 2 rings (SSSR count). The van der Waals surface area contributed by atoms with E-state index < -0.39 is 0 Å². The summed E-state index contributed by atoms with van der Waals surface area (Å²) in [5.41, 5.74) is 2.95. The molecular formula is C14H19N3OS. The predicted molar refractivity (Wildman–Crippen MR) is 77.6 cm³/mol. The van der Waals surface area contributed by atoms with E-state index in [1.807, 2.05) is 37.8 Å². The van der Waals surface area contributed by atoms with E-state index in [0.717, 1.165) is 17.9 Å². The highest BCUT2D eigenvalue weighted by Crippen LogP contribution is 2.26. The van der Waals surface area contributed by atoms with Crippen molar-refractivity contribution in [2.45, 2.75) is 32.9 Å². The smallest absolute Gasteiger partial charge is 0.138 e. The fourth-order valence-corrected chi connectivity index (χ4v) is 2.61. The molecule has 0 aliphatic carbocycles. The average Bonchev–Trinajstić information content (AvgIpc) is 2.89. The van der Waals surface area contributed by atoms with Crippen LogP contribution in [0.4, 0.5) is 0 Å². The summed E-state index contributed by atoms with van der Waals surface area (Å²) in [7, 11) is 0. The van der Waals surface area contributed by atoms with Gasteiger partial charge < -0.3 is 10.1 Å². The number of nitrogens with one attached hydrogen (secondary N) is 1. The lowest BCUT2D eigenvalue weighted by Crippen LogP contribution is -2.21. The molecule has 0 radical (unpaired) electrons. The number of ether oxygens (including phenoxy) is 1. The molecule has 0 spiro atoms. The van der Waals surface area contributed by atoms with E-state index in [0.29, 0.717) is 0 Å². The Morgan fingerprint density at radius 3 is 2.74 bits per heavy atom. The highest BCUT2D eigenvalue weighted by Gasteiger charge is 2.15. The third kappa shape index (κ3) is 3.75. The summed E-state index contributed by atoms with van der Waals surface area (Å²) in [5.74, 6) is 0.805. The second-order valence-corrected chi connectivity index (χ2v) is 5.43. The van der Waals surface area contributed by atoms with Crippen molar-refractivity contribution in [1.82, 2.24) is 15.3 Å². The first-order valence-electron chi connectivity index (χ1n) is 6.44. The summed E-state index contributed by atoms with van der Waals surface area (Å²) >= 11 is 1.64. The summed E-state index contributed by atoms with van der Waals surface area (Å²) in [5, 5.41) is 3.46. The van der Waals surface area contributed by atoms with Crippen LogP contribution in [-0.2, 0) is 0 Å². The van der Waals surface area contributed by atoms with Gasteiger partial charge in [0.25, 0.3) is 0 Å². The lowest BCUT2D eigenvalue weighted by molar-refractivity contribution is 0.241. The third-order valence-electron chi connectivity index (χ3n) is 2.58. The standard InChI is InChI=1S/C14H19N3OS/c1-4-17-14(13-8-16-9-19-13)11-5-12(7-15-6-11)18-10(2)3/h5-10,14,17H,4H2,1-3H3. The minimum absolute atomic E-state index is 0.126. The maximum absolute atomic E-state index is 5.70. The number of hydrogen-bond donors (Lipinski definition) is 1. The molecule has 0 bridgehead atoms. The van der Waals surface area contributed by atoms with Crippen LogP contribution in [0, 0.1) is 0 Å². The molecule has 19 heavy (non-hydrogen) atoms. The lowest BCUT2D eigenvalue weighted by atomic mass is 10.1. The van der Waals surface area contributed by atoms with Crippen molar-refractivity contribution in [3.8, 4) is 5.75 Å². The quantitative estimate of drug-likeness (QED) is 0.881. The van der Waals surface area contributed by atoms with Gasteiger partial charge in [0.15, 0.2) is 0 Å². The zero-order valence-electron chi connectivity index (χ0n) is 11.5. The Hall–Kier alpha value is -1.46. The fourth-order valence-electron chi connectivity index (χ4n) is 1.89. The Kier molecular flexibility index (Phi) is 4.87. The summed E-state index contributed by atoms with van der Waals surface area (Å²) < 4.78 is 5.70. The summed E-state index contributed by atoms with van der Waals surface area (Å²) in [6, 6.07) is 2.17. The first kappa shape index (κ1) is 14.0. The zero-order chi connectivity index (χ0) is 13.7. The van der Waals surface area contributed by atoms with Gasteiger partial charge >= 0.3 is 0 Å². The Morgan fingerprint density at radius 2 is 2.11 bits per heavy atom. The summed E-state index contributed by atoms with van der Waals surface area (Å²) in [6.07, 6.45) is 5.67. The van der Waals surface area contributed by atoms with Crippen molar-refractivity contribution in [3.63, 3.8) is 0 Å². The van der Waals surface area contributed by atoms with Gasteiger partial charge in [0.2, 0.25) is 0 Å². The first-order chi connectivity index (χ1) is 9.20. The molecule has 5 heteroatoms. The lowest BCUT2D eigenvalue weighted by Gasteiger charge is -2.17. The SMILES string of the molecule is CCNC(c1cncc(OC(C)C)c1)c1cncs1. The van der Waals surface area contributed by atoms with E-state index in [9.17, 15) is 0 Å². The number of rotatable bonds is 6. The van der Waals surface area contributed by atoms with E-state index in [2.05, 4.69) is 22.2 Å². The van der Waals surface area contributed by atoms with E-state index in [4.69, 9.17) is 4.74 Å². The van der Waals surface area contributed by atoms with E-state index in [-0.39, 0.29) is 12.1 Å². The van der Waals surface area contributed by atoms with Gasteiger partial charge in [-0.2, -0.15) is 0 Å². The molecule has 0 aliphatic heterocycles. The van der Waals surface area contributed by atoms with Crippen molar-refractivity contribution >= 4 is 11.3 Å². The molecule has 0 amide bonds. The van der Waals surface area contributed by atoms with Gasteiger partial charge in [0.05, 0.1) is 23.9 Å². The van der Waals surface area contributed by atoms with Gasteiger partial charge in [-0.25, -0.2) is 0 Å². The number of nitrogens with zero attached hydrogens (tertiary/aromatic N) is 2. The van der Waals surface area contributed by atoms with Crippen molar-refractivity contribution in [2.75, 3.05) is 6.54 Å². The molecular weight excluding hydrogens is 258 g/mol. The second-order valence-electron chi connectivity index (χ2n) is 4.52. The molecule has 1 atom stereocenters. The van der Waals surface area contributed by atoms with Crippen LogP contribution in [0.25, 0.3) is 0 Å². The molecule has 2 aromatic rings. The molecule has 2 aromatic heterocycles. The van der Waals surface area contributed by atoms with Crippen LogP contribution in [0.2, 0.25) is 0 Å². The molecule has 0 aromatic carbocycles. The van der Waals surface area contributed by atoms with Crippen molar-refractivity contribution in [2.24, 2.45) is 0 Å². The fraction of sp³-hybridized carbons (Fsp3) is 0.429. The molecule has 1 N–H and O–H groups in total. The molecule has 0 saturated heterocycles. The highest BCUT2D eigenvalue weighted by atomic mass is 32.1. The van der Waals surface area contributed by atoms with E-state index in [1.54, 1.807) is 17.5 Å². The maximum atomic E-state index is 5.70.